The van der Waals surface area contributed by atoms with Crippen LogP contribution in [-0.4, -0.2) is 16.1 Å². The first-order valence-corrected chi connectivity index (χ1v) is 6.75. The lowest BCUT2D eigenvalue weighted by molar-refractivity contribution is -0.138. The Morgan fingerprint density at radius 1 is 1.29 bits per heavy atom. The molecule has 1 heterocycles. The minimum Gasteiger partial charge on any atom is -0.338 e. The molecule has 0 radical (unpaired) electrons. The van der Waals surface area contributed by atoms with Crippen LogP contribution in [0.25, 0.3) is 0 Å². The number of rotatable bonds is 5. The number of benzene rings is 1. The largest absolute Gasteiger partial charge is 0.416 e. The predicted molar refractivity (Wildman–Crippen MR) is 74.8 cm³/mol. The Balaban J connectivity index is 2.01. The van der Waals surface area contributed by atoms with E-state index >= 15 is 0 Å². The average Bonchev–Trinajstić information content (AvgIpc) is 2.83. The van der Waals surface area contributed by atoms with Crippen molar-refractivity contribution in [1.29, 1.82) is 0 Å². The van der Waals surface area contributed by atoms with Gasteiger partial charge in [0.15, 0.2) is 0 Å². The Kier molecular flexibility index (Phi) is 4.67. The van der Waals surface area contributed by atoms with Crippen LogP contribution in [0.2, 0.25) is 0 Å². The first kappa shape index (κ1) is 15.6. The fourth-order valence-corrected chi connectivity index (χ4v) is 2.28. The third-order valence-corrected chi connectivity index (χ3v) is 3.45. The normalized spacial score (nSPS) is 13.4. The van der Waals surface area contributed by atoms with Gasteiger partial charge in [-0.05, 0) is 18.6 Å². The Labute approximate surface area is 121 Å². The van der Waals surface area contributed by atoms with Gasteiger partial charge < -0.3 is 9.88 Å². The third kappa shape index (κ3) is 3.85. The lowest BCUT2D eigenvalue weighted by Crippen LogP contribution is -2.24. The first-order chi connectivity index (χ1) is 9.89. The second kappa shape index (κ2) is 6.30. The van der Waals surface area contributed by atoms with E-state index in [4.69, 9.17) is 0 Å². The summed E-state index contributed by atoms with van der Waals surface area (Å²) in [5, 5.41) is 3.12. The van der Waals surface area contributed by atoms with Crippen molar-refractivity contribution in [3.8, 4) is 0 Å². The van der Waals surface area contributed by atoms with Crippen molar-refractivity contribution in [2.75, 3.05) is 6.54 Å². The number of nitrogens with one attached hydrogen (secondary N) is 1. The molecule has 21 heavy (non-hydrogen) atoms. The van der Waals surface area contributed by atoms with Crippen LogP contribution in [0.1, 0.15) is 29.9 Å². The molecule has 1 aromatic heterocycles. The number of aromatic nitrogens is 2. The van der Waals surface area contributed by atoms with Crippen LogP contribution >= 0.6 is 0 Å². The summed E-state index contributed by atoms with van der Waals surface area (Å²) in [5.41, 5.74) is -0.313. The van der Waals surface area contributed by atoms with Crippen LogP contribution < -0.4 is 5.32 Å². The van der Waals surface area contributed by atoms with E-state index in [0.29, 0.717) is 13.0 Å². The molecule has 2 rings (SSSR count). The van der Waals surface area contributed by atoms with Crippen LogP contribution in [-0.2, 0) is 19.6 Å². The van der Waals surface area contributed by atoms with Crippen molar-refractivity contribution >= 4 is 0 Å². The van der Waals surface area contributed by atoms with Crippen LogP contribution in [0.5, 0.6) is 0 Å². The van der Waals surface area contributed by atoms with Gasteiger partial charge >= 0.3 is 6.18 Å². The highest BCUT2D eigenvalue weighted by molar-refractivity contribution is 5.32. The molecular formula is C15H18F3N3. The Morgan fingerprint density at radius 2 is 2.00 bits per heavy atom. The van der Waals surface area contributed by atoms with Gasteiger partial charge in [0.05, 0.1) is 5.56 Å². The molecule has 0 aliphatic rings. The molecule has 0 aliphatic heterocycles. The quantitative estimate of drug-likeness (QED) is 0.917. The van der Waals surface area contributed by atoms with Gasteiger partial charge in [-0.3, -0.25) is 0 Å². The van der Waals surface area contributed by atoms with Crippen molar-refractivity contribution in [3.63, 3.8) is 0 Å². The zero-order chi connectivity index (χ0) is 15.5. The number of hydrogen-bond acceptors (Lipinski definition) is 2. The van der Waals surface area contributed by atoms with E-state index in [2.05, 4.69) is 10.3 Å². The highest BCUT2D eigenvalue weighted by atomic mass is 19.4. The fraction of sp³-hybridized carbons (Fsp3) is 0.400. The SMILES string of the molecule is CC(NCCc1nccn1C)c1ccccc1C(F)(F)F. The monoisotopic (exact) mass is 297 g/mol. The topological polar surface area (TPSA) is 29.9 Å². The maximum atomic E-state index is 13.0. The van der Waals surface area contributed by atoms with E-state index in [0.717, 1.165) is 11.9 Å². The maximum absolute atomic E-state index is 13.0. The van der Waals surface area contributed by atoms with Gasteiger partial charge in [0.1, 0.15) is 5.82 Å². The van der Waals surface area contributed by atoms with Crippen LogP contribution in [0.4, 0.5) is 13.2 Å². The first-order valence-electron chi connectivity index (χ1n) is 6.75. The molecule has 3 nitrogen and oxygen atoms in total. The number of imidazole rings is 1. The van der Waals surface area contributed by atoms with Gasteiger partial charge in [0, 0.05) is 38.4 Å². The summed E-state index contributed by atoms with van der Waals surface area (Å²) in [4.78, 5) is 4.19. The smallest absolute Gasteiger partial charge is 0.338 e. The van der Waals surface area contributed by atoms with E-state index in [1.165, 1.54) is 12.1 Å². The van der Waals surface area contributed by atoms with Crippen molar-refractivity contribution < 1.29 is 13.2 Å². The summed E-state index contributed by atoms with van der Waals surface area (Å²) >= 11 is 0. The molecule has 0 fully saturated rings. The van der Waals surface area contributed by atoms with Gasteiger partial charge in [-0.15, -0.1) is 0 Å². The number of nitrogens with zero attached hydrogens (tertiary/aromatic N) is 2. The Morgan fingerprint density at radius 3 is 2.62 bits per heavy atom. The minimum atomic E-state index is -4.33. The number of aryl methyl sites for hydroxylation is 1. The van der Waals surface area contributed by atoms with E-state index in [-0.39, 0.29) is 11.6 Å². The molecule has 1 atom stereocenters. The van der Waals surface area contributed by atoms with E-state index in [1.54, 1.807) is 19.2 Å². The number of halogens is 3. The molecule has 1 N–H and O–H groups in total. The molecule has 0 aliphatic carbocycles. The standard InChI is InChI=1S/C15H18F3N3/c1-11(19-8-7-14-20-9-10-21(14)2)12-5-3-4-6-13(12)15(16,17)18/h3-6,9-11,19H,7-8H2,1-2H3. The van der Waals surface area contributed by atoms with E-state index in [1.807, 2.05) is 17.8 Å². The van der Waals surface area contributed by atoms with Crippen LogP contribution in [0.15, 0.2) is 36.7 Å². The highest BCUT2D eigenvalue weighted by Crippen LogP contribution is 2.34. The molecule has 1 unspecified atom stereocenters. The summed E-state index contributed by atoms with van der Waals surface area (Å²) in [6.07, 6.45) is -0.107. The summed E-state index contributed by atoms with van der Waals surface area (Å²) in [6.45, 7) is 2.31. The summed E-state index contributed by atoms with van der Waals surface area (Å²) < 4.78 is 40.8. The van der Waals surface area contributed by atoms with Gasteiger partial charge in [-0.1, -0.05) is 18.2 Å². The van der Waals surface area contributed by atoms with Gasteiger partial charge in [-0.25, -0.2) is 4.98 Å². The predicted octanol–water partition coefficient (Wildman–Crippen LogP) is 3.33. The zero-order valence-electron chi connectivity index (χ0n) is 12.0. The lowest BCUT2D eigenvalue weighted by Gasteiger charge is -2.19. The van der Waals surface area contributed by atoms with Crippen molar-refractivity contribution in [3.05, 3.63) is 53.6 Å². The van der Waals surface area contributed by atoms with E-state index < -0.39 is 11.7 Å². The van der Waals surface area contributed by atoms with Crippen molar-refractivity contribution in [2.45, 2.75) is 25.6 Å². The number of alkyl halides is 3. The zero-order valence-corrected chi connectivity index (χ0v) is 12.0. The van der Waals surface area contributed by atoms with Gasteiger partial charge in [-0.2, -0.15) is 13.2 Å². The number of hydrogen-bond donors (Lipinski definition) is 1. The molecule has 2 aromatic rings. The lowest BCUT2D eigenvalue weighted by atomic mass is 10.0. The molecule has 0 spiro atoms. The molecule has 6 heteroatoms. The molecule has 1 aromatic carbocycles. The summed E-state index contributed by atoms with van der Waals surface area (Å²) in [5.74, 6) is 0.902. The van der Waals surface area contributed by atoms with Crippen molar-refractivity contribution in [2.24, 2.45) is 7.05 Å². The molecule has 0 saturated heterocycles. The second-order valence-electron chi connectivity index (χ2n) is 4.97. The van der Waals surface area contributed by atoms with Gasteiger partial charge in [0.25, 0.3) is 0 Å². The van der Waals surface area contributed by atoms with Crippen LogP contribution in [0, 0.1) is 0 Å². The Hall–Kier alpha value is -1.82. The molecule has 0 amide bonds. The fourth-order valence-electron chi connectivity index (χ4n) is 2.28. The third-order valence-electron chi connectivity index (χ3n) is 3.45. The summed E-state index contributed by atoms with van der Waals surface area (Å²) in [7, 11) is 1.89. The van der Waals surface area contributed by atoms with Gasteiger partial charge in [0.2, 0.25) is 0 Å². The minimum absolute atomic E-state index is 0.268. The Bertz CT molecular complexity index is 590. The second-order valence-corrected chi connectivity index (χ2v) is 4.97. The summed E-state index contributed by atoms with van der Waals surface area (Å²) in [6, 6.07) is 5.30. The van der Waals surface area contributed by atoms with Crippen LogP contribution in [0.3, 0.4) is 0 Å². The maximum Gasteiger partial charge on any atom is 0.416 e. The van der Waals surface area contributed by atoms with E-state index in [9.17, 15) is 13.2 Å². The molecule has 0 bridgehead atoms. The molecular weight excluding hydrogens is 279 g/mol. The average molecular weight is 297 g/mol. The molecule has 0 saturated carbocycles. The highest BCUT2D eigenvalue weighted by Gasteiger charge is 2.33. The van der Waals surface area contributed by atoms with Crippen molar-refractivity contribution in [1.82, 2.24) is 14.9 Å². The molecule has 114 valence electrons.